The minimum absolute atomic E-state index is 0.0897. The van der Waals surface area contributed by atoms with E-state index in [9.17, 15) is 17.6 Å². The molecule has 1 atom stereocenters. The first-order valence-electron chi connectivity index (χ1n) is 5.55. The highest BCUT2D eigenvalue weighted by Gasteiger charge is 2.36. The maximum absolute atomic E-state index is 13.1. The van der Waals surface area contributed by atoms with Crippen LogP contribution in [0.15, 0.2) is 23.4 Å². The Morgan fingerprint density at radius 1 is 1.53 bits per heavy atom. The second-order valence-electron chi connectivity index (χ2n) is 4.08. The topological polar surface area (TPSA) is 105 Å². The summed E-state index contributed by atoms with van der Waals surface area (Å²) >= 11 is 0. The molecular formula is C10H13FN4O3S. The zero-order valence-corrected chi connectivity index (χ0v) is 10.7. The second-order valence-corrected chi connectivity index (χ2v) is 5.97. The van der Waals surface area contributed by atoms with Crippen molar-refractivity contribution < 1.29 is 17.6 Å². The number of sulfonamides is 1. The molecule has 3 N–H and O–H groups in total. The van der Waals surface area contributed by atoms with Gasteiger partial charge in [-0.1, -0.05) is 0 Å². The fraction of sp³-hybridized carbons (Fsp3) is 0.400. The number of aromatic nitrogens is 1. The van der Waals surface area contributed by atoms with Crippen molar-refractivity contribution in [2.45, 2.75) is 10.9 Å². The van der Waals surface area contributed by atoms with Crippen LogP contribution in [0, 0.1) is 5.82 Å². The van der Waals surface area contributed by atoms with Crippen molar-refractivity contribution in [1.82, 2.24) is 14.6 Å². The van der Waals surface area contributed by atoms with Crippen LogP contribution in [-0.4, -0.2) is 49.3 Å². The lowest BCUT2D eigenvalue weighted by molar-refractivity contribution is -0.122. The molecule has 1 aromatic rings. The maximum Gasteiger partial charge on any atom is 0.245 e. The molecule has 1 fully saturated rings. The number of pyridine rings is 1. The van der Waals surface area contributed by atoms with Crippen molar-refractivity contribution in [2.24, 2.45) is 5.73 Å². The van der Waals surface area contributed by atoms with Gasteiger partial charge in [-0.15, -0.1) is 0 Å². The van der Waals surface area contributed by atoms with E-state index in [1.54, 1.807) is 0 Å². The van der Waals surface area contributed by atoms with E-state index < -0.39 is 27.8 Å². The molecule has 19 heavy (non-hydrogen) atoms. The molecule has 104 valence electrons. The van der Waals surface area contributed by atoms with Gasteiger partial charge in [0, 0.05) is 25.8 Å². The molecule has 1 saturated heterocycles. The number of hydrogen-bond acceptors (Lipinski definition) is 5. The van der Waals surface area contributed by atoms with Crippen molar-refractivity contribution in [3.8, 4) is 0 Å². The highest BCUT2D eigenvalue weighted by Crippen LogP contribution is 2.19. The van der Waals surface area contributed by atoms with Crippen LogP contribution in [0.1, 0.15) is 0 Å². The molecule has 0 spiro atoms. The van der Waals surface area contributed by atoms with E-state index in [-0.39, 0.29) is 18.0 Å². The molecule has 9 heteroatoms. The molecule has 7 nitrogen and oxygen atoms in total. The molecule has 0 bridgehead atoms. The number of nitrogens with two attached hydrogens (primary N) is 1. The van der Waals surface area contributed by atoms with Gasteiger partial charge in [0.1, 0.15) is 16.8 Å². The van der Waals surface area contributed by atoms with E-state index in [0.29, 0.717) is 6.54 Å². The molecule has 0 saturated carbocycles. The summed E-state index contributed by atoms with van der Waals surface area (Å²) in [7, 11) is -3.99. The molecule has 1 unspecified atom stereocenters. The number of amides is 1. The van der Waals surface area contributed by atoms with Gasteiger partial charge in [0.05, 0.1) is 6.20 Å². The summed E-state index contributed by atoms with van der Waals surface area (Å²) in [5.41, 5.74) is 5.19. The number of nitrogens with one attached hydrogen (secondary N) is 1. The van der Waals surface area contributed by atoms with E-state index in [1.165, 1.54) is 0 Å². The number of piperazine rings is 1. The lowest BCUT2D eigenvalue weighted by atomic mass is 10.2. The van der Waals surface area contributed by atoms with E-state index in [0.717, 1.165) is 22.8 Å². The van der Waals surface area contributed by atoms with Gasteiger partial charge in [-0.25, -0.2) is 12.8 Å². The van der Waals surface area contributed by atoms with E-state index >= 15 is 0 Å². The molecule has 0 aromatic carbocycles. The smallest absolute Gasteiger partial charge is 0.245 e. The summed E-state index contributed by atoms with van der Waals surface area (Å²) < 4.78 is 38.7. The summed E-state index contributed by atoms with van der Waals surface area (Å²) in [5, 5.41) is 2.88. The highest BCUT2D eigenvalue weighted by molar-refractivity contribution is 7.89. The zero-order chi connectivity index (χ0) is 14.0. The Morgan fingerprint density at radius 3 is 2.89 bits per heavy atom. The number of primary amides is 1. The fourth-order valence-corrected chi connectivity index (χ4v) is 3.46. The van der Waals surface area contributed by atoms with Crippen LogP contribution in [0.3, 0.4) is 0 Å². The van der Waals surface area contributed by atoms with Crippen molar-refractivity contribution in [3.05, 3.63) is 24.3 Å². The van der Waals surface area contributed by atoms with Gasteiger partial charge in [0.15, 0.2) is 0 Å². The lowest BCUT2D eigenvalue weighted by Crippen LogP contribution is -2.58. The molecular weight excluding hydrogens is 275 g/mol. The molecule has 1 aromatic heterocycles. The third-order valence-electron chi connectivity index (χ3n) is 2.81. The van der Waals surface area contributed by atoms with Gasteiger partial charge in [0.2, 0.25) is 15.9 Å². The highest BCUT2D eigenvalue weighted by atomic mass is 32.2. The zero-order valence-electron chi connectivity index (χ0n) is 9.91. The minimum atomic E-state index is -3.99. The van der Waals surface area contributed by atoms with Crippen LogP contribution in [0.4, 0.5) is 4.39 Å². The Labute approximate surface area is 109 Å². The Balaban J connectivity index is 2.40. The van der Waals surface area contributed by atoms with E-state index in [4.69, 9.17) is 5.73 Å². The van der Waals surface area contributed by atoms with Crippen LogP contribution < -0.4 is 11.1 Å². The Morgan fingerprint density at radius 2 is 2.26 bits per heavy atom. The predicted octanol–water partition coefficient (Wildman–Crippen LogP) is -1.33. The molecule has 1 aliphatic rings. The monoisotopic (exact) mass is 288 g/mol. The number of halogens is 1. The summed E-state index contributed by atoms with van der Waals surface area (Å²) in [6.07, 6.45) is 1.95. The van der Waals surface area contributed by atoms with Gasteiger partial charge in [-0.2, -0.15) is 4.31 Å². The Hall–Kier alpha value is -1.58. The van der Waals surface area contributed by atoms with E-state index in [1.807, 2.05) is 0 Å². The largest absolute Gasteiger partial charge is 0.368 e. The van der Waals surface area contributed by atoms with Crippen LogP contribution in [0.5, 0.6) is 0 Å². The van der Waals surface area contributed by atoms with Crippen LogP contribution in [0.2, 0.25) is 0 Å². The normalized spacial score (nSPS) is 21.2. The van der Waals surface area contributed by atoms with Gasteiger partial charge in [0.25, 0.3) is 0 Å². The SMILES string of the molecule is NC(=O)C1CNCCN1S(=O)(=O)c1cncc(F)c1. The van der Waals surface area contributed by atoms with Gasteiger partial charge in [-0.05, 0) is 6.07 Å². The number of carbonyl (C=O) groups excluding carboxylic acids is 1. The summed E-state index contributed by atoms with van der Waals surface area (Å²) in [6, 6.07) is -0.121. The van der Waals surface area contributed by atoms with Crippen molar-refractivity contribution in [3.63, 3.8) is 0 Å². The Kier molecular flexibility index (Phi) is 3.78. The first kappa shape index (κ1) is 13.8. The van der Waals surface area contributed by atoms with E-state index in [2.05, 4.69) is 10.3 Å². The lowest BCUT2D eigenvalue weighted by Gasteiger charge is -2.32. The molecule has 0 radical (unpaired) electrons. The molecule has 1 amide bonds. The number of hydrogen-bond donors (Lipinski definition) is 2. The third-order valence-corrected chi connectivity index (χ3v) is 4.68. The summed E-state index contributed by atoms with van der Waals surface area (Å²) in [5.74, 6) is -1.51. The summed E-state index contributed by atoms with van der Waals surface area (Å²) in [4.78, 5) is 14.5. The molecule has 2 rings (SSSR count). The summed E-state index contributed by atoms with van der Waals surface area (Å²) in [6.45, 7) is 0.621. The van der Waals surface area contributed by atoms with Crippen molar-refractivity contribution in [1.29, 1.82) is 0 Å². The first-order valence-corrected chi connectivity index (χ1v) is 6.99. The van der Waals surface area contributed by atoms with Gasteiger partial charge in [-0.3, -0.25) is 9.78 Å². The first-order chi connectivity index (χ1) is 8.93. The molecule has 0 aliphatic carbocycles. The van der Waals surface area contributed by atoms with Gasteiger partial charge >= 0.3 is 0 Å². The van der Waals surface area contributed by atoms with Crippen molar-refractivity contribution in [2.75, 3.05) is 19.6 Å². The minimum Gasteiger partial charge on any atom is -0.368 e. The Bertz CT molecular complexity index is 592. The third kappa shape index (κ3) is 2.72. The van der Waals surface area contributed by atoms with Crippen LogP contribution in [0.25, 0.3) is 0 Å². The van der Waals surface area contributed by atoms with Crippen molar-refractivity contribution >= 4 is 15.9 Å². The quantitative estimate of drug-likeness (QED) is 0.717. The maximum atomic E-state index is 13.1. The average Bonchev–Trinajstić information content (AvgIpc) is 2.38. The fourth-order valence-electron chi connectivity index (χ4n) is 1.88. The standard InChI is InChI=1S/C10H13FN4O3S/c11-7-3-8(5-14-4-7)19(17,18)15-2-1-13-6-9(15)10(12)16/h3-5,9,13H,1-2,6H2,(H2,12,16). The average molecular weight is 288 g/mol. The number of rotatable bonds is 3. The second kappa shape index (κ2) is 5.19. The molecule has 1 aliphatic heterocycles. The van der Waals surface area contributed by atoms with Crippen LogP contribution in [-0.2, 0) is 14.8 Å². The molecule has 2 heterocycles. The number of nitrogens with zero attached hydrogens (tertiary/aromatic N) is 2. The van der Waals surface area contributed by atoms with Gasteiger partial charge < -0.3 is 11.1 Å². The predicted molar refractivity (Wildman–Crippen MR) is 63.9 cm³/mol. The number of carbonyl (C=O) groups is 1. The van der Waals surface area contributed by atoms with Crippen LogP contribution >= 0.6 is 0 Å².